The van der Waals surface area contributed by atoms with E-state index in [0.717, 1.165) is 32.1 Å². The van der Waals surface area contributed by atoms with E-state index >= 15 is 0 Å². The van der Waals surface area contributed by atoms with Gasteiger partial charge in [-0.1, -0.05) is 84.9 Å². The minimum Gasteiger partial charge on any atom is -0.396 e. The molecular weight excluding hydrogens is 392 g/mol. The first kappa shape index (κ1) is 21.0. The first-order valence-corrected chi connectivity index (χ1v) is 11.8. The number of aliphatic hydroxyl groups excluding tert-OH is 1. The Kier molecular flexibility index (Phi) is 5.84. The number of unbranched alkanes of at least 4 members (excludes halogenated alkanes) is 1. The Morgan fingerprint density at radius 2 is 1.53 bits per heavy atom. The number of nitrogens with zero attached hydrogens (tertiary/aromatic N) is 2. The molecule has 1 aliphatic carbocycles. The average molecular weight is 425 g/mol. The van der Waals surface area contributed by atoms with Gasteiger partial charge in [0, 0.05) is 13.7 Å². The molecule has 164 valence electrons. The van der Waals surface area contributed by atoms with Crippen molar-refractivity contribution in [1.82, 2.24) is 4.90 Å². The maximum atomic E-state index is 9.48. The third-order valence-electron chi connectivity index (χ3n) is 7.39. The molecule has 5 rings (SSSR count). The van der Waals surface area contributed by atoms with Gasteiger partial charge in [-0.3, -0.25) is 4.99 Å². The highest BCUT2D eigenvalue weighted by atomic mass is 16.2. The van der Waals surface area contributed by atoms with Crippen molar-refractivity contribution in [2.24, 2.45) is 4.99 Å². The molecule has 3 aromatic rings. The quantitative estimate of drug-likeness (QED) is 0.482. The monoisotopic (exact) mass is 424 g/mol. The molecule has 3 atom stereocenters. The van der Waals surface area contributed by atoms with E-state index in [1.165, 1.54) is 28.1 Å². The highest BCUT2D eigenvalue weighted by molar-refractivity contribution is 5.96. The normalized spacial score (nSPS) is 24.4. The van der Waals surface area contributed by atoms with Gasteiger partial charge >= 0.3 is 0 Å². The summed E-state index contributed by atoms with van der Waals surface area (Å²) in [6, 6.07) is 30.7. The molecule has 0 unspecified atom stereocenters. The van der Waals surface area contributed by atoms with Gasteiger partial charge in [-0.15, -0.1) is 0 Å². The van der Waals surface area contributed by atoms with Crippen molar-refractivity contribution >= 4 is 5.84 Å². The fraction of sp³-hybridized carbons (Fsp3) is 0.345. The molecule has 0 radical (unpaired) electrons. The van der Waals surface area contributed by atoms with Crippen molar-refractivity contribution in [1.29, 1.82) is 0 Å². The Morgan fingerprint density at radius 1 is 0.875 bits per heavy atom. The minimum absolute atomic E-state index is 0.0704. The number of hydrogen-bond acceptors (Lipinski definition) is 3. The second kappa shape index (κ2) is 8.91. The van der Waals surface area contributed by atoms with E-state index in [-0.39, 0.29) is 24.1 Å². The van der Waals surface area contributed by atoms with Gasteiger partial charge < -0.3 is 10.0 Å². The number of aryl methyl sites for hydroxylation is 1. The van der Waals surface area contributed by atoms with Crippen LogP contribution in [-0.2, 0) is 11.8 Å². The third kappa shape index (κ3) is 3.55. The van der Waals surface area contributed by atoms with Gasteiger partial charge in [-0.05, 0) is 54.4 Å². The summed E-state index contributed by atoms with van der Waals surface area (Å²) in [4.78, 5) is 7.96. The number of aliphatic hydroxyl groups is 1. The van der Waals surface area contributed by atoms with E-state index in [2.05, 4.69) is 96.9 Å². The predicted octanol–water partition coefficient (Wildman–Crippen LogP) is 5.86. The van der Waals surface area contributed by atoms with Gasteiger partial charge in [-0.25, -0.2) is 0 Å². The number of amidine groups is 1. The fourth-order valence-corrected chi connectivity index (χ4v) is 5.89. The maximum Gasteiger partial charge on any atom is 0.111 e. The van der Waals surface area contributed by atoms with Gasteiger partial charge in [0.25, 0.3) is 0 Å². The van der Waals surface area contributed by atoms with Crippen molar-refractivity contribution in [3.05, 3.63) is 107 Å². The lowest BCUT2D eigenvalue weighted by Crippen LogP contribution is -2.43. The van der Waals surface area contributed by atoms with Gasteiger partial charge in [0.1, 0.15) is 11.9 Å². The largest absolute Gasteiger partial charge is 0.396 e. The Morgan fingerprint density at radius 3 is 2.25 bits per heavy atom. The number of fused-ring (bicyclic) bond motifs is 1. The number of benzene rings is 3. The molecule has 3 nitrogen and oxygen atoms in total. The van der Waals surface area contributed by atoms with Crippen molar-refractivity contribution in [3.8, 4) is 0 Å². The number of hydrogen-bond donors (Lipinski definition) is 1. The first-order valence-electron chi connectivity index (χ1n) is 11.8. The van der Waals surface area contributed by atoms with Crippen LogP contribution in [0.5, 0.6) is 0 Å². The Labute approximate surface area is 191 Å². The standard InChI is InChI=1S/C29H32N2O/c1-31-27(24-15-6-3-7-16-24)26(23-13-4-2-5-14-23)30-28(31)29(19-10-11-21-32)20-18-22-12-8-9-17-25(22)29/h2-9,12-17,26-27,32H,10-11,18-21H2,1H3/t26-,27-,29+/m1/s1. The Balaban J connectivity index is 1.63. The van der Waals surface area contributed by atoms with Crippen molar-refractivity contribution in [3.63, 3.8) is 0 Å². The molecule has 0 fully saturated rings. The van der Waals surface area contributed by atoms with E-state index < -0.39 is 0 Å². The SMILES string of the molecule is CN1C([C@@]2(CCCCO)CCc3ccccc32)=N[C@H](c2ccccc2)[C@H]1c1ccccc1. The topological polar surface area (TPSA) is 35.8 Å². The summed E-state index contributed by atoms with van der Waals surface area (Å²) in [5.74, 6) is 1.21. The summed E-state index contributed by atoms with van der Waals surface area (Å²) in [5, 5.41) is 9.48. The van der Waals surface area contributed by atoms with Crippen LogP contribution in [0.1, 0.15) is 60.0 Å². The van der Waals surface area contributed by atoms with E-state index in [9.17, 15) is 5.11 Å². The molecule has 0 spiro atoms. The summed E-state index contributed by atoms with van der Waals surface area (Å²) in [7, 11) is 2.23. The summed E-state index contributed by atoms with van der Waals surface area (Å²) in [6.45, 7) is 0.249. The molecule has 1 N–H and O–H groups in total. The summed E-state index contributed by atoms with van der Waals surface area (Å²) < 4.78 is 0. The first-order chi connectivity index (χ1) is 15.7. The highest BCUT2D eigenvalue weighted by Crippen LogP contribution is 2.51. The number of aliphatic imine (C=N–C) groups is 1. The van der Waals surface area contributed by atoms with E-state index in [4.69, 9.17) is 4.99 Å². The average Bonchev–Trinajstić information content (AvgIpc) is 3.39. The Hall–Kier alpha value is -2.91. The van der Waals surface area contributed by atoms with Crippen LogP contribution in [0, 0.1) is 0 Å². The van der Waals surface area contributed by atoms with Crippen LogP contribution in [-0.4, -0.2) is 29.5 Å². The van der Waals surface area contributed by atoms with Crippen LogP contribution < -0.4 is 0 Å². The second-order valence-electron chi connectivity index (χ2n) is 9.19. The predicted molar refractivity (Wildman–Crippen MR) is 131 cm³/mol. The lowest BCUT2D eigenvalue weighted by molar-refractivity contribution is 0.276. The van der Waals surface area contributed by atoms with Gasteiger partial charge in [0.15, 0.2) is 0 Å². The van der Waals surface area contributed by atoms with E-state index in [1.807, 2.05) is 0 Å². The van der Waals surface area contributed by atoms with Crippen LogP contribution >= 0.6 is 0 Å². The maximum absolute atomic E-state index is 9.48. The van der Waals surface area contributed by atoms with Gasteiger partial charge in [0.2, 0.25) is 0 Å². The van der Waals surface area contributed by atoms with Gasteiger partial charge in [-0.2, -0.15) is 0 Å². The van der Waals surface area contributed by atoms with E-state index in [1.54, 1.807) is 0 Å². The molecule has 0 saturated carbocycles. The smallest absolute Gasteiger partial charge is 0.111 e. The lowest BCUT2D eigenvalue weighted by Gasteiger charge is -2.37. The highest BCUT2D eigenvalue weighted by Gasteiger charge is 2.49. The summed E-state index contributed by atoms with van der Waals surface area (Å²) in [5.41, 5.74) is 5.37. The van der Waals surface area contributed by atoms with Crippen LogP contribution in [0.25, 0.3) is 0 Å². The minimum atomic E-state index is -0.0862. The third-order valence-corrected chi connectivity index (χ3v) is 7.39. The molecule has 3 aromatic carbocycles. The van der Waals surface area contributed by atoms with Crippen LogP contribution in [0.3, 0.4) is 0 Å². The fourth-order valence-electron chi connectivity index (χ4n) is 5.89. The Bertz CT molecular complexity index is 1080. The molecule has 3 heteroatoms. The van der Waals surface area contributed by atoms with Gasteiger partial charge in [0.05, 0.1) is 11.5 Å². The van der Waals surface area contributed by atoms with E-state index in [0.29, 0.717) is 0 Å². The van der Waals surface area contributed by atoms with Crippen LogP contribution in [0.4, 0.5) is 0 Å². The molecule has 0 saturated heterocycles. The summed E-state index contributed by atoms with van der Waals surface area (Å²) >= 11 is 0. The molecule has 1 aliphatic heterocycles. The van der Waals surface area contributed by atoms with Crippen molar-refractivity contribution < 1.29 is 5.11 Å². The molecule has 0 amide bonds. The van der Waals surface area contributed by atoms with Crippen LogP contribution in [0.2, 0.25) is 0 Å². The zero-order chi connectivity index (χ0) is 22.0. The molecule has 32 heavy (non-hydrogen) atoms. The second-order valence-corrected chi connectivity index (χ2v) is 9.19. The van der Waals surface area contributed by atoms with Crippen molar-refractivity contribution in [2.75, 3.05) is 13.7 Å². The molecule has 0 bridgehead atoms. The molecule has 2 aliphatic rings. The zero-order valence-electron chi connectivity index (χ0n) is 18.8. The molecule has 1 heterocycles. The number of likely N-dealkylation sites (N-methyl/N-ethyl adjacent to an activating group) is 1. The summed E-state index contributed by atoms with van der Waals surface area (Å²) in [6.07, 6.45) is 5.05. The molecular formula is C29H32N2O. The number of rotatable bonds is 7. The van der Waals surface area contributed by atoms with Crippen LogP contribution in [0.15, 0.2) is 89.9 Å². The molecule has 0 aromatic heterocycles. The van der Waals surface area contributed by atoms with Crippen molar-refractivity contribution in [2.45, 2.75) is 49.6 Å². The zero-order valence-corrected chi connectivity index (χ0v) is 18.8. The lowest BCUT2D eigenvalue weighted by atomic mass is 9.75.